The van der Waals surface area contributed by atoms with Crippen molar-refractivity contribution >= 4 is 5.97 Å². The Hall–Kier alpha value is -2.54. The highest BCUT2D eigenvalue weighted by Crippen LogP contribution is 2.34. The van der Waals surface area contributed by atoms with Gasteiger partial charge in [-0.05, 0) is 30.5 Å². The minimum absolute atomic E-state index is 0.0566. The van der Waals surface area contributed by atoms with Gasteiger partial charge in [-0.25, -0.2) is 9.78 Å². The number of carboxylic acid groups (broad SMARTS) is 1. The number of benzene rings is 1. The minimum Gasteiger partial charge on any atom is -0.476 e. The lowest BCUT2D eigenvalue weighted by Gasteiger charge is -2.20. The van der Waals surface area contributed by atoms with E-state index in [1.807, 2.05) is 18.2 Å². The van der Waals surface area contributed by atoms with Crippen LogP contribution < -0.4 is 9.47 Å². The van der Waals surface area contributed by atoms with Crippen molar-refractivity contribution in [1.82, 2.24) is 9.88 Å². The normalized spacial score (nSPS) is 16.0. The third-order valence-corrected chi connectivity index (χ3v) is 4.00. The van der Waals surface area contributed by atoms with Crippen molar-refractivity contribution in [1.29, 1.82) is 0 Å². The van der Waals surface area contributed by atoms with Gasteiger partial charge in [0.05, 0.1) is 6.54 Å². The SMILES string of the molecule is O=C(O)c1coc(CN(Cc2ccc3c(c2)OCO3)C2CC2)n1. The molecule has 23 heavy (non-hydrogen) atoms. The molecular weight excluding hydrogens is 300 g/mol. The van der Waals surface area contributed by atoms with Crippen molar-refractivity contribution in [3.8, 4) is 11.5 Å². The number of ether oxygens (including phenoxy) is 2. The van der Waals surface area contributed by atoms with E-state index in [0.717, 1.165) is 36.4 Å². The van der Waals surface area contributed by atoms with Gasteiger partial charge < -0.3 is 19.0 Å². The molecule has 7 heteroatoms. The fourth-order valence-corrected chi connectivity index (χ4v) is 2.68. The quantitative estimate of drug-likeness (QED) is 0.875. The van der Waals surface area contributed by atoms with Crippen molar-refractivity contribution in [3.05, 3.63) is 41.6 Å². The minimum atomic E-state index is -1.08. The van der Waals surface area contributed by atoms with Crippen LogP contribution in [0.25, 0.3) is 0 Å². The number of hydrogen-bond acceptors (Lipinski definition) is 6. The number of nitrogens with zero attached hydrogens (tertiary/aromatic N) is 2. The molecule has 0 atom stereocenters. The molecule has 0 radical (unpaired) electrons. The van der Waals surface area contributed by atoms with E-state index in [9.17, 15) is 4.79 Å². The van der Waals surface area contributed by atoms with Crippen LogP contribution >= 0.6 is 0 Å². The van der Waals surface area contributed by atoms with Gasteiger partial charge in [-0.15, -0.1) is 0 Å². The summed E-state index contributed by atoms with van der Waals surface area (Å²) in [7, 11) is 0. The summed E-state index contributed by atoms with van der Waals surface area (Å²) in [6.45, 7) is 1.48. The molecule has 4 rings (SSSR count). The van der Waals surface area contributed by atoms with E-state index in [0.29, 0.717) is 18.5 Å². The first-order valence-electron chi connectivity index (χ1n) is 7.49. The van der Waals surface area contributed by atoms with Gasteiger partial charge in [-0.3, -0.25) is 4.90 Å². The summed E-state index contributed by atoms with van der Waals surface area (Å²) >= 11 is 0. The van der Waals surface area contributed by atoms with Crippen LogP contribution in [-0.2, 0) is 13.1 Å². The molecule has 7 nitrogen and oxygen atoms in total. The molecule has 0 bridgehead atoms. The second-order valence-electron chi connectivity index (χ2n) is 5.76. The highest BCUT2D eigenvalue weighted by molar-refractivity contribution is 5.84. The predicted molar refractivity (Wildman–Crippen MR) is 78.3 cm³/mol. The van der Waals surface area contributed by atoms with Crippen LogP contribution in [0.3, 0.4) is 0 Å². The number of oxazole rings is 1. The first-order chi connectivity index (χ1) is 11.2. The zero-order chi connectivity index (χ0) is 15.8. The molecule has 1 aliphatic carbocycles. The molecule has 1 fully saturated rings. The third kappa shape index (κ3) is 3.00. The average Bonchev–Trinajstić information content (AvgIpc) is 3.09. The number of carboxylic acids is 1. The molecule has 0 amide bonds. The van der Waals surface area contributed by atoms with Gasteiger partial charge in [0.2, 0.25) is 12.7 Å². The van der Waals surface area contributed by atoms with Crippen LogP contribution in [0.5, 0.6) is 11.5 Å². The first-order valence-corrected chi connectivity index (χ1v) is 7.49. The smallest absolute Gasteiger partial charge is 0.357 e. The van der Waals surface area contributed by atoms with E-state index in [1.54, 1.807) is 0 Å². The highest BCUT2D eigenvalue weighted by atomic mass is 16.7. The maximum atomic E-state index is 10.9. The molecule has 2 aromatic rings. The summed E-state index contributed by atoms with van der Waals surface area (Å²) in [5.41, 5.74) is 1.06. The lowest BCUT2D eigenvalue weighted by molar-refractivity contribution is 0.0690. The van der Waals surface area contributed by atoms with Crippen molar-refractivity contribution in [3.63, 3.8) is 0 Å². The number of carbonyl (C=O) groups is 1. The Morgan fingerprint density at radius 3 is 2.83 bits per heavy atom. The summed E-state index contributed by atoms with van der Waals surface area (Å²) < 4.78 is 16.0. The van der Waals surface area contributed by atoms with E-state index in [4.69, 9.17) is 19.0 Å². The van der Waals surface area contributed by atoms with Gasteiger partial charge in [-0.1, -0.05) is 6.07 Å². The number of hydrogen-bond donors (Lipinski definition) is 1. The van der Waals surface area contributed by atoms with Crippen LogP contribution in [0.1, 0.15) is 34.8 Å². The number of rotatable bonds is 6. The molecule has 0 spiro atoms. The monoisotopic (exact) mass is 316 g/mol. The van der Waals surface area contributed by atoms with Crippen LogP contribution in [0, 0.1) is 0 Å². The Kier molecular flexibility index (Phi) is 3.42. The van der Waals surface area contributed by atoms with E-state index in [-0.39, 0.29) is 12.5 Å². The van der Waals surface area contributed by atoms with Gasteiger partial charge in [0.15, 0.2) is 17.2 Å². The van der Waals surface area contributed by atoms with Crippen molar-refractivity contribution in [2.45, 2.75) is 32.0 Å². The van der Waals surface area contributed by atoms with Crippen LogP contribution in [0.2, 0.25) is 0 Å². The molecule has 1 aliphatic heterocycles. The van der Waals surface area contributed by atoms with Gasteiger partial charge in [-0.2, -0.15) is 0 Å². The second kappa shape index (κ2) is 5.58. The van der Waals surface area contributed by atoms with E-state index in [2.05, 4.69) is 9.88 Å². The molecule has 0 unspecified atom stereocenters. The molecule has 1 aromatic carbocycles. The Morgan fingerprint density at radius 1 is 1.26 bits per heavy atom. The summed E-state index contributed by atoms with van der Waals surface area (Å²) in [6.07, 6.45) is 3.46. The molecule has 2 aliphatic rings. The number of aromatic nitrogens is 1. The van der Waals surface area contributed by atoms with Crippen LogP contribution in [-0.4, -0.2) is 33.8 Å². The zero-order valence-corrected chi connectivity index (χ0v) is 12.4. The second-order valence-corrected chi connectivity index (χ2v) is 5.76. The van der Waals surface area contributed by atoms with E-state index in [1.165, 1.54) is 6.26 Å². The first kappa shape index (κ1) is 14.1. The lowest BCUT2D eigenvalue weighted by Crippen LogP contribution is -2.25. The number of aromatic carboxylic acids is 1. The molecule has 2 heterocycles. The van der Waals surface area contributed by atoms with Gasteiger partial charge in [0.1, 0.15) is 6.26 Å². The average molecular weight is 316 g/mol. The van der Waals surface area contributed by atoms with Gasteiger partial charge in [0, 0.05) is 12.6 Å². The van der Waals surface area contributed by atoms with E-state index < -0.39 is 5.97 Å². The van der Waals surface area contributed by atoms with Crippen molar-refractivity contribution < 1.29 is 23.8 Å². The molecular formula is C16H16N2O5. The topological polar surface area (TPSA) is 85.0 Å². The number of fused-ring (bicyclic) bond motifs is 1. The van der Waals surface area contributed by atoms with Gasteiger partial charge in [0.25, 0.3) is 0 Å². The zero-order valence-electron chi connectivity index (χ0n) is 12.4. The molecule has 120 valence electrons. The largest absolute Gasteiger partial charge is 0.476 e. The van der Waals surface area contributed by atoms with Crippen molar-refractivity contribution in [2.75, 3.05) is 6.79 Å². The van der Waals surface area contributed by atoms with E-state index >= 15 is 0 Å². The summed E-state index contributed by atoms with van der Waals surface area (Å²) in [6, 6.07) is 6.40. The molecule has 1 N–H and O–H groups in total. The summed E-state index contributed by atoms with van der Waals surface area (Å²) in [5.74, 6) is 0.886. The summed E-state index contributed by atoms with van der Waals surface area (Å²) in [5, 5.41) is 8.92. The van der Waals surface area contributed by atoms with Gasteiger partial charge >= 0.3 is 5.97 Å². The standard InChI is InChI=1S/C16H16N2O5/c19-16(20)12-8-21-15(17-12)7-18(11-2-3-11)6-10-1-4-13-14(5-10)23-9-22-13/h1,4-5,8,11H,2-3,6-7,9H2,(H,19,20). The highest BCUT2D eigenvalue weighted by Gasteiger charge is 2.30. The predicted octanol–water partition coefficient (Wildman–Crippen LogP) is 2.27. The third-order valence-electron chi connectivity index (χ3n) is 4.00. The Morgan fingerprint density at radius 2 is 2.09 bits per heavy atom. The molecule has 0 saturated heterocycles. The Balaban J connectivity index is 1.48. The molecule has 1 aromatic heterocycles. The lowest BCUT2D eigenvalue weighted by atomic mass is 10.2. The Labute approximate surface area is 132 Å². The van der Waals surface area contributed by atoms with Crippen LogP contribution in [0.4, 0.5) is 0 Å². The maximum absolute atomic E-state index is 10.9. The molecule has 1 saturated carbocycles. The maximum Gasteiger partial charge on any atom is 0.357 e. The van der Waals surface area contributed by atoms with Crippen molar-refractivity contribution in [2.24, 2.45) is 0 Å². The van der Waals surface area contributed by atoms with Crippen LogP contribution in [0.15, 0.2) is 28.9 Å². The summed E-state index contributed by atoms with van der Waals surface area (Å²) in [4.78, 5) is 17.1. The Bertz CT molecular complexity index is 738. The fourth-order valence-electron chi connectivity index (χ4n) is 2.68. The fraction of sp³-hybridized carbons (Fsp3) is 0.375.